The highest BCUT2D eigenvalue weighted by molar-refractivity contribution is 5.72. The van der Waals surface area contributed by atoms with Crippen LogP contribution in [0.25, 0.3) is 0 Å². The molecule has 0 amide bonds. The van der Waals surface area contributed by atoms with E-state index in [4.69, 9.17) is 10.2 Å². The Morgan fingerprint density at radius 2 is 1.88 bits per heavy atom. The summed E-state index contributed by atoms with van der Waals surface area (Å²) in [6.07, 6.45) is 1.73. The van der Waals surface area contributed by atoms with E-state index < -0.39 is 12.0 Å². The molecule has 0 aliphatic heterocycles. The molecular formula is C13H19NO3. The lowest BCUT2D eigenvalue weighted by atomic mass is 10.1. The Bertz CT molecular complexity index is 361. The third-order valence-electron chi connectivity index (χ3n) is 2.71. The Labute approximate surface area is 101 Å². The van der Waals surface area contributed by atoms with Crippen LogP contribution in [0.2, 0.25) is 0 Å². The van der Waals surface area contributed by atoms with Crippen LogP contribution in [0, 0.1) is 0 Å². The van der Waals surface area contributed by atoms with E-state index in [1.807, 2.05) is 19.1 Å². The van der Waals surface area contributed by atoms with Crippen molar-refractivity contribution in [3.8, 4) is 5.75 Å². The van der Waals surface area contributed by atoms with Gasteiger partial charge in [0.1, 0.15) is 11.8 Å². The van der Waals surface area contributed by atoms with E-state index in [0.29, 0.717) is 0 Å². The molecule has 0 aliphatic carbocycles. The highest BCUT2D eigenvalue weighted by Gasteiger charge is 2.13. The number of rotatable bonds is 6. The number of carboxylic acid groups (broad SMARTS) is 1. The number of hydrogen-bond donors (Lipinski definition) is 3. The minimum absolute atomic E-state index is 0.148. The monoisotopic (exact) mass is 237 g/mol. The number of phenolic OH excluding ortho intramolecular Hbond substituents is 1. The molecule has 4 nitrogen and oxygen atoms in total. The maximum Gasteiger partial charge on any atom is 0.320 e. The lowest BCUT2D eigenvalue weighted by molar-refractivity contribution is -0.139. The molecular weight excluding hydrogens is 218 g/mol. The Kier molecular flexibility index (Phi) is 4.97. The van der Waals surface area contributed by atoms with Crippen molar-refractivity contribution >= 4 is 5.97 Å². The summed E-state index contributed by atoms with van der Waals surface area (Å²) in [6.45, 7) is 3.61. The quantitative estimate of drug-likeness (QED) is 0.705. The summed E-state index contributed by atoms with van der Waals surface area (Å²) in [5.74, 6) is -0.569. The molecule has 0 saturated carbocycles. The van der Waals surface area contributed by atoms with Crippen LogP contribution < -0.4 is 5.32 Å². The molecule has 0 heterocycles. The molecule has 2 atom stereocenters. The smallest absolute Gasteiger partial charge is 0.320 e. The standard InChI is InChI=1S/C13H19NO3/c1-9(14-10(2)13(16)17)3-4-11-5-7-12(15)8-6-11/h5-10,14-15H,3-4H2,1-2H3,(H,16,17). The van der Waals surface area contributed by atoms with Crippen LogP contribution in [0.3, 0.4) is 0 Å². The van der Waals surface area contributed by atoms with Gasteiger partial charge in [-0.25, -0.2) is 0 Å². The summed E-state index contributed by atoms with van der Waals surface area (Å²) >= 11 is 0. The van der Waals surface area contributed by atoms with Gasteiger partial charge in [-0.1, -0.05) is 12.1 Å². The lowest BCUT2D eigenvalue weighted by Gasteiger charge is -2.16. The van der Waals surface area contributed by atoms with Crippen LogP contribution in [0.15, 0.2) is 24.3 Å². The summed E-state index contributed by atoms with van der Waals surface area (Å²) in [5, 5.41) is 20.9. The molecule has 0 aromatic heterocycles. The van der Waals surface area contributed by atoms with Crippen LogP contribution in [-0.4, -0.2) is 28.3 Å². The van der Waals surface area contributed by atoms with Gasteiger partial charge < -0.3 is 15.5 Å². The second kappa shape index (κ2) is 6.25. The van der Waals surface area contributed by atoms with Crippen molar-refractivity contribution in [2.24, 2.45) is 0 Å². The van der Waals surface area contributed by atoms with Crippen molar-refractivity contribution in [2.45, 2.75) is 38.8 Å². The zero-order valence-electron chi connectivity index (χ0n) is 10.2. The average Bonchev–Trinajstić information content (AvgIpc) is 2.28. The van der Waals surface area contributed by atoms with Gasteiger partial charge in [-0.2, -0.15) is 0 Å². The Morgan fingerprint density at radius 3 is 2.41 bits per heavy atom. The van der Waals surface area contributed by atoms with Crippen LogP contribution in [0.4, 0.5) is 0 Å². The highest BCUT2D eigenvalue weighted by atomic mass is 16.4. The van der Waals surface area contributed by atoms with E-state index in [9.17, 15) is 4.79 Å². The van der Waals surface area contributed by atoms with Gasteiger partial charge in [-0.15, -0.1) is 0 Å². The number of aromatic hydroxyl groups is 1. The first-order valence-corrected chi connectivity index (χ1v) is 5.76. The average molecular weight is 237 g/mol. The van der Waals surface area contributed by atoms with Gasteiger partial charge in [-0.3, -0.25) is 4.79 Å². The summed E-state index contributed by atoms with van der Waals surface area (Å²) < 4.78 is 0. The summed E-state index contributed by atoms with van der Waals surface area (Å²) in [4.78, 5) is 10.7. The molecule has 17 heavy (non-hydrogen) atoms. The number of nitrogens with one attached hydrogen (secondary N) is 1. The first-order chi connectivity index (χ1) is 7.99. The van der Waals surface area contributed by atoms with E-state index >= 15 is 0 Å². The number of hydrogen-bond acceptors (Lipinski definition) is 3. The third-order valence-corrected chi connectivity index (χ3v) is 2.71. The molecule has 1 aromatic rings. The fourth-order valence-electron chi connectivity index (χ4n) is 1.63. The second-order valence-electron chi connectivity index (χ2n) is 4.33. The van der Waals surface area contributed by atoms with E-state index in [-0.39, 0.29) is 11.8 Å². The van der Waals surface area contributed by atoms with Gasteiger partial charge in [0.2, 0.25) is 0 Å². The fourth-order valence-corrected chi connectivity index (χ4v) is 1.63. The maximum atomic E-state index is 10.7. The lowest BCUT2D eigenvalue weighted by Crippen LogP contribution is -2.39. The molecule has 0 aliphatic rings. The van der Waals surface area contributed by atoms with Gasteiger partial charge in [0.05, 0.1) is 0 Å². The van der Waals surface area contributed by atoms with Crippen molar-refractivity contribution in [2.75, 3.05) is 0 Å². The number of benzene rings is 1. The topological polar surface area (TPSA) is 69.6 Å². The van der Waals surface area contributed by atoms with Crippen molar-refractivity contribution in [1.82, 2.24) is 5.32 Å². The minimum Gasteiger partial charge on any atom is -0.508 e. The van der Waals surface area contributed by atoms with Gasteiger partial charge in [0.25, 0.3) is 0 Å². The van der Waals surface area contributed by atoms with Gasteiger partial charge >= 0.3 is 5.97 Å². The number of carbonyl (C=O) groups is 1. The van der Waals surface area contributed by atoms with Crippen LogP contribution in [-0.2, 0) is 11.2 Å². The number of aryl methyl sites for hydroxylation is 1. The van der Waals surface area contributed by atoms with Gasteiger partial charge in [0.15, 0.2) is 0 Å². The van der Waals surface area contributed by atoms with E-state index in [0.717, 1.165) is 18.4 Å². The van der Waals surface area contributed by atoms with Crippen LogP contribution in [0.5, 0.6) is 5.75 Å². The molecule has 0 spiro atoms. The van der Waals surface area contributed by atoms with E-state index in [2.05, 4.69) is 5.32 Å². The molecule has 1 rings (SSSR count). The number of phenols is 1. The van der Waals surface area contributed by atoms with E-state index in [1.54, 1.807) is 19.1 Å². The molecule has 4 heteroatoms. The zero-order valence-corrected chi connectivity index (χ0v) is 10.2. The Morgan fingerprint density at radius 1 is 1.29 bits per heavy atom. The zero-order chi connectivity index (χ0) is 12.8. The van der Waals surface area contributed by atoms with Crippen LogP contribution in [0.1, 0.15) is 25.8 Å². The normalized spacial score (nSPS) is 14.2. The van der Waals surface area contributed by atoms with Gasteiger partial charge in [0, 0.05) is 6.04 Å². The molecule has 3 N–H and O–H groups in total. The largest absolute Gasteiger partial charge is 0.508 e. The first kappa shape index (κ1) is 13.5. The fraction of sp³-hybridized carbons (Fsp3) is 0.462. The summed E-state index contributed by atoms with van der Waals surface area (Å²) in [6, 6.07) is 6.70. The van der Waals surface area contributed by atoms with Crippen molar-refractivity contribution < 1.29 is 15.0 Å². The SMILES string of the molecule is CC(CCc1ccc(O)cc1)NC(C)C(=O)O. The first-order valence-electron chi connectivity index (χ1n) is 5.76. The number of carboxylic acids is 1. The predicted octanol–water partition coefficient (Wildman–Crippen LogP) is 1.78. The molecule has 0 radical (unpaired) electrons. The maximum absolute atomic E-state index is 10.7. The summed E-state index contributed by atoms with van der Waals surface area (Å²) in [7, 11) is 0. The van der Waals surface area contributed by atoms with Crippen LogP contribution >= 0.6 is 0 Å². The van der Waals surface area contributed by atoms with Crippen molar-refractivity contribution in [3.05, 3.63) is 29.8 Å². The Balaban J connectivity index is 2.35. The molecule has 0 bridgehead atoms. The Hall–Kier alpha value is -1.55. The summed E-state index contributed by atoms with van der Waals surface area (Å²) in [5.41, 5.74) is 1.14. The third kappa shape index (κ3) is 4.87. The molecule has 1 aromatic carbocycles. The molecule has 2 unspecified atom stereocenters. The van der Waals surface area contributed by atoms with E-state index in [1.165, 1.54) is 0 Å². The molecule has 0 fully saturated rings. The number of aliphatic carboxylic acids is 1. The molecule has 94 valence electrons. The second-order valence-corrected chi connectivity index (χ2v) is 4.33. The highest BCUT2D eigenvalue weighted by Crippen LogP contribution is 2.12. The molecule has 0 saturated heterocycles. The predicted molar refractivity (Wildman–Crippen MR) is 66.1 cm³/mol. The van der Waals surface area contributed by atoms with Crippen molar-refractivity contribution in [1.29, 1.82) is 0 Å². The van der Waals surface area contributed by atoms with Crippen molar-refractivity contribution in [3.63, 3.8) is 0 Å². The van der Waals surface area contributed by atoms with Gasteiger partial charge in [-0.05, 0) is 44.4 Å². The minimum atomic E-state index is -0.832.